The highest BCUT2D eigenvalue weighted by Gasteiger charge is 2.26. The fourth-order valence-electron chi connectivity index (χ4n) is 4.46. The number of piperidine rings is 1. The molecular formula is C24H24N4O3. The van der Waals surface area contributed by atoms with Crippen LogP contribution in [0.2, 0.25) is 0 Å². The number of fused-ring (bicyclic) bond motifs is 2. The van der Waals surface area contributed by atoms with E-state index in [2.05, 4.69) is 4.98 Å². The highest BCUT2D eigenvalue weighted by atomic mass is 16.5. The van der Waals surface area contributed by atoms with Gasteiger partial charge < -0.3 is 19.2 Å². The number of aromatic amines is 1. The summed E-state index contributed by atoms with van der Waals surface area (Å²) in [6.45, 7) is 1.60. The second-order valence-electron chi connectivity index (χ2n) is 7.97. The quantitative estimate of drug-likeness (QED) is 0.514. The van der Waals surface area contributed by atoms with Gasteiger partial charge in [-0.2, -0.15) is 0 Å². The SMILES string of the molecule is COC(=O)c1cn(CC(=O)N2CCC(c3nc4ccccc4[nH]3)CC2)c2ccccc12. The van der Waals surface area contributed by atoms with Crippen LogP contribution in [0.25, 0.3) is 21.9 Å². The third-order valence-corrected chi connectivity index (χ3v) is 6.14. The monoisotopic (exact) mass is 416 g/mol. The molecule has 5 rings (SSSR count). The number of hydrogen-bond acceptors (Lipinski definition) is 4. The van der Waals surface area contributed by atoms with E-state index >= 15 is 0 Å². The maximum Gasteiger partial charge on any atom is 0.340 e. The number of amides is 1. The number of benzene rings is 2. The second-order valence-corrected chi connectivity index (χ2v) is 7.97. The maximum atomic E-state index is 13.0. The number of rotatable bonds is 4. The number of hydrogen-bond donors (Lipinski definition) is 1. The van der Waals surface area contributed by atoms with Crippen LogP contribution in [-0.2, 0) is 16.1 Å². The topological polar surface area (TPSA) is 80.2 Å². The van der Waals surface area contributed by atoms with Crippen LogP contribution in [-0.4, -0.2) is 51.5 Å². The predicted octanol–water partition coefficient (Wildman–Crippen LogP) is 3.71. The normalized spacial score (nSPS) is 14.9. The van der Waals surface area contributed by atoms with Crippen LogP contribution < -0.4 is 0 Å². The van der Waals surface area contributed by atoms with E-state index in [4.69, 9.17) is 9.72 Å². The van der Waals surface area contributed by atoms with E-state index in [-0.39, 0.29) is 12.5 Å². The van der Waals surface area contributed by atoms with Crippen molar-refractivity contribution in [3.8, 4) is 0 Å². The Morgan fingerprint density at radius 3 is 2.61 bits per heavy atom. The Morgan fingerprint density at radius 2 is 1.84 bits per heavy atom. The summed E-state index contributed by atoms with van der Waals surface area (Å²) in [5.74, 6) is 0.997. The number of imidazole rings is 1. The molecule has 0 saturated carbocycles. The van der Waals surface area contributed by atoms with Crippen molar-refractivity contribution < 1.29 is 14.3 Å². The van der Waals surface area contributed by atoms with Gasteiger partial charge in [0.2, 0.25) is 5.91 Å². The molecule has 0 radical (unpaired) electrons. The Kier molecular flexibility index (Phi) is 4.94. The van der Waals surface area contributed by atoms with Crippen molar-refractivity contribution in [1.29, 1.82) is 0 Å². The molecule has 1 amide bonds. The number of aromatic nitrogens is 3. The van der Waals surface area contributed by atoms with Crippen LogP contribution in [0, 0.1) is 0 Å². The predicted molar refractivity (Wildman–Crippen MR) is 118 cm³/mol. The molecule has 1 N–H and O–H groups in total. The first-order valence-corrected chi connectivity index (χ1v) is 10.5. The first kappa shape index (κ1) is 19.4. The number of esters is 1. The smallest absolute Gasteiger partial charge is 0.340 e. The second kappa shape index (κ2) is 7.91. The number of carbonyl (C=O) groups excluding carboxylic acids is 2. The molecule has 0 atom stereocenters. The van der Waals surface area contributed by atoms with Crippen LogP contribution in [0.1, 0.15) is 34.9 Å². The van der Waals surface area contributed by atoms with Crippen molar-refractivity contribution >= 4 is 33.8 Å². The molecule has 2 aromatic heterocycles. The lowest BCUT2D eigenvalue weighted by Gasteiger charge is -2.31. The van der Waals surface area contributed by atoms with Crippen molar-refractivity contribution in [2.75, 3.05) is 20.2 Å². The molecule has 0 spiro atoms. The van der Waals surface area contributed by atoms with Crippen molar-refractivity contribution in [1.82, 2.24) is 19.4 Å². The van der Waals surface area contributed by atoms with E-state index in [1.165, 1.54) is 7.11 Å². The fourth-order valence-corrected chi connectivity index (χ4v) is 4.46. The standard InChI is InChI=1S/C24H24N4O3/c1-31-24(30)18-14-28(21-9-5-2-6-17(18)21)15-22(29)27-12-10-16(11-13-27)23-25-19-7-3-4-8-20(19)26-23/h2-9,14,16H,10-13,15H2,1H3,(H,25,26). The Morgan fingerprint density at radius 1 is 1.10 bits per heavy atom. The summed E-state index contributed by atoms with van der Waals surface area (Å²) in [6, 6.07) is 15.6. The molecule has 158 valence electrons. The summed E-state index contributed by atoms with van der Waals surface area (Å²) < 4.78 is 6.74. The molecule has 1 saturated heterocycles. The summed E-state index contributed by atoms with van der Waals surface area (Å²) >= 11 is 0. The third kappa shape index (κ3) is 3.56. The van der Waals surface area contributed by atoms with Gasteiger partial charge in [-0.3, -0.25) is 4.79 Å². The van der Waals surface area contributed by atoms with Crippen LogP contribution in [0.15, 0.2) is 54.7 Å². The fraction of sp³-hybridized carbons (Fsp3) is 0.292. The number of para-hydroxylation sites is 3. The van der Waals surface area contributed by atoms with Crippen LogP contribution >= 0.6 is 0 Å². The summed E-state index contributed by atoms with van der Waals surface area (Å²) in [5, 5.41) is 0.797. The molecule has 31 heavy (non-hydrogen) atoms. The van der Waals surface area contributed by atoms with Crippen LogP contribution in [0.3, 0.4) is 0 Å². The van der Waals surface area contributed by atoms with E-state index < -0.39 is 5.97 Å². The van der Waals surface area contributed by atoms with E-state index in [1.54, 1.807) is 6.20 Å². The largest absolute Gasteiger partial charge is 0.465 e. The van der Waals surface area contributed by atoms with Crippen LogP contribution in [0.5, 0.6) is 0 Å². The number of nitrogens with one attached hydrogen (secondary N) is 1. The lowest BCUT2D eigenvalue weighted by Crippen LogP contribution is -2.39. The Hall–Kier alpha value is -3.61. The molecule has 1 aliphatic rings. The molecule has 2 aromatic carbocycles. The number of H-pyrrole nitrogens is 1. The van der Waals surface area contributed by atoms with Crippen LogP contribution in [0.4, 0.5) is 0 Å². The number of nitrogens with zero attached hydrogens (tertiary/aromatic N) is 3. The third-order valence-electron chi connectivity index (χ3n) is 6.14. The van der Waals surface area contributed by atoms with Gasteiger partial charge in [-0.05, 0) is 31.0 Å². The number of methoxy groups -OCH3 is 1. The zero-order valence-corrected chi connectivity index (χ0v) is 17.4. The lowest BCUT2D eigenvalue weighted by molar-refractivity contribution is -0.132. The van der Waals surface area contributed by atoms with E-state index in [0.717, 1.165) is 40.6 Å². The molecule has 0 unspecified atom stereocenters. The summed E-state index contributed by atoms with van der Waals surface area (Å²) in [7, 11) is 1.37. The molecule has 7 nitrogen and oxygen atoms in total. The van der Waals surface area contributed by atoms with Gasteiger partial charge in [-0.15, -0.1) is 0 Å². The van der Waals surface area contributed by atoms with Gasteiger partial charge in [0.15, 0.2) is 0 Å². The van der Waals surface area contributed by atoms with E-state index in [9.17, 15) is 9.59 Å². The number of likely N-dealkylation sites (tertiary alicyclic amines) is 1. The highest BCUT2D eigenvalue weighted by Crippen LogP contribution is 2.28. The van der Waals surface area contributed by atoms with Gasteiger partial charge >= 0.3 is 5.97 Å². The van der Waals surface area contributed by atoms with Gasteiger partial charge in [0.05, 0.1) is 23.7 Å². The Balaban J connectivity index is 1.28. The minimum atomic E-state index is -0.394. The summed E-state index contributed by atoms with van der Waals surface area (Å²) in [6.07, 6.45) is 3.48. The molecule has 4 aromatic rings. The lowest BCUT2D eigenvalue weighted by atomic mass is 9.96. The van der Waals surface area contributed by atoms with E-state index in [0.29, 0.717) is 24.6 Å². The van der Waals surface area contributed by atoms with Crippen molar-refractivity contribution in [3.05, 3.63) is 66.1 Å². The molecule has 1 fully saturated rings. The average Bonchev–Trinajstić information content (AvgIpc) is 3.41. The molecule has 7 heteroatoms. The molecule has 1 aliphatic heterocycles. The van der Waals surface area contributed by atoms with Gasteiger partial charge in [0.25, 0.3) is 0 Å². The minimum absolute atomic E-state index is 0.0558. The van der Waals surface area contributed by atoms with Crippen molar-refractivity contribution in [2.24, 2.45) is 0 Å². The van der Waals surface area contributed by atoms with Gasteiger partial charge in [0.1, 0.15) is 12.4 Å². The summed E-state index contributed by atoms with van der Waals surface area (Å²) in [5.41, 5.74) is 3.37. The first-order valence-electron chi connectivity index (χ1n) is 10.5. The number of ether oxygens (including phenoxy) is 1. The zero-order chi connectivity index (χ0) is 21.4. The van der Waals surface area contributed by atoms with Gasteiger partial charge in [-0.1, -0.05) is 30.3 Å². The van der Waals surface area contributed by atoms with Crippen molar-refractivity contribution in [3.63, 3.8) is 0 Å². The van der Waals surface area contributed by atoms with Crippen molar-refractivity contribution in [2.45, 2.75) is 25.3 Å². The molecular weight excluding hydrogens is 392 g/mol. The van der Waals surface area contributed by atoms with E-state index in [1.807, 2.05) is 58.0 Å². The molecule has 3 heterocycles. The zero-order valence-electron chi connectivity index (χ0n) is 17.4. The molecule has 0 bridgehead atoms. The number of carbonyl (C=O) groups is 2. The first-order chi connectivity index (χ1) is 15.1. The molecule has 0 aliphatic carbocycles. The Bertz CT molecular complexity index is 1230. The van der Waals surface area contributed by atoms with Gasteiger partial charge in [-0.25, -0.2) is 9.78 Å². The Labute approximate surface area is 179 Å². The summed E-state index contributed by atoms with van der Waals surface area (Å²) in [4.78, 5) is 35.2. The maximum absolute atomic E-state index is 13.0. The average molecular weight is 416 g/mol. The van der Waals surface area contributed by atoms with Gasteiger partial charge in [0, 0.05) is 36.1 Å². The highest BCUT2D eigenvalue weighted by molar-refractivity contribution is 6.04. The minimum Gasteiger partial charge on any atom is -0.465 e.